The lowest BCUT2D eigenvalue weighted by Crippen LogP contribution is -2.46. The van der Waals surface area contributed by atoms with Gasteiger partial charge in [-0.25, -0.2) is 0 Å². The molecule has 0 nitrogen and oxygen atoms in total. The fraction of sp³-hybridized carbons (Fsp3) is 0.429. The maximum Gasteiger partial charge on any atom is 0.416 e. The summed E-state index contributed by atoms with van der Waals surface area (Å²) in [5.74, 6) is 0.544. The van der Waals surface area contributed by atoms with Crippen molar-refractivity contribution in [2.24, 2.45) is 0 Å². The van der Waals surface area contributed by atoms with E-state index in [4.69, 9.17) is 11.6 Å². The summed E-state index contributed by atoms with van der Waals surface area (Å²) < 4.78 is 39.2. The van der Waals surface area contributed by atoms with E-state index in [1.54, 1.807) is 17.8 Å². The molecule has 1 unspecified atom stereocenters. The van der Waals surface area contributed by atoms with Crippen LogP contribution in [0.5, 0.6) is 0 Å². The molecule has 0 aliphatic rings. The summed E-state index contributed by atoms with van der Waals surface area (Å²) >= 11 is 5.63. The van der Waals surface area contributed by atoms with E-state index < -0.39 is 19.8 Å². The van der Waals surface area contributed by atoms with Crippen LogP contribution in [0.2, 0.25) is 12.6 Å². The van der Waals surface area contributed by atoms with Gasteiger partial charge in [0.05, 0.1) is 5.56 Å². The van der Waals surface area contributed by atoms with Gasteiger partial charge in [0.15, 0.2) is 0 Å². The van der Waals surface area contributed by atoms with Crippen LogP contribution in [0.25, 0.3) is 0 Å². The minimum absolute atomic E-state index is 0.423. The van der Waals surface area contributed by atoms with Crippen molar-refractivity contribution >= 4 is 24.9 Å². The molecular weight excluding hydrogens is 289 g/mol. The second kappa shape index (κ2) is 6.62. The van der Waals surface area contributed by atoms with E-state index in [9.17, 15) is 13.2 Å². The molecule has 0 saturated carbocycles. The Labute approximate surface area is 118 Å². The van der Waals surface area contributed by atoms with E-state index in [1.807, 2.05) is 6.55 Å². The van der Waals surface area contributed by atoms with E-state index >= 15 is 0 Å². The summed E-state index contributed by atoms with van der Waals surface area (Å²) in [6.45, 7) is 5.70. The SMILES string of the molecule is C=C[Si](C)(CCCCCl)c1ccccc1C(F)(F)F. The lowest BCUT2D eigenvalue weighted by Gasteiger charge is -2.27. The molecule has 0 spiro atoms. The van der Waals surface area contributed by atoms with Gasteiger partial charge in [-0.1, -0.05) is 49.0 Å². The van der Waals surface area contributed by atoms with Crippen LogP contribution < -0.4 is 5.19 Å². The molecule has 1 atom stereocenters. The summed E-state index contributed by atoms with van der Waals surface area (Å²) in [4.78, 5) is 0. The zero-order chi connectivity index (χ0) is 14.5. The molecule has 1 rings (SSSR count). The molecule has 0 radical (unpaired) electrons. The van der Waals surface area contributed by atoms with Crippen molar-refractivity contribution in [2.45, 2.75) is 31.6 Å². The first-order chi connectivity index (χ1) is 8.85. The van der Waals surface area contributed by atoms with Crippen molar-refractivity contribution in [1.29, 1.82) is 0 Å². The van der Waals surface area contributed by atoms with Gasteiger partial charge in [-0.05, 0) is 11.6 Å². The first-order valence-electron chi connectivity index (χ1n) is 6.21. The van der Waals surface area contributed by atoms with E-state index in [-0.39, 0.29) is 0 Å². The van der Waals surface area contributed by atoms with E-state index in [0.717, 1.165) is 25.0 Å². The van der Waals surface area contributed by atoms with Crippen molar-refractivity contribution in [3.63, 3.8) is 0 Å². The maximum absolute atomic E-state index is 13.1. The molecule has 1 aromatic carbocycles. The summed E-state index contributed by atoms with van der Waals surface area (Å²) in [6.07, 6.45) is -2.64. The zero-order valence-corrected chi connectivity index (χ0v) is 12.7. The zero-order valence-electron chi connectivity index (χ0n) is 10.9. The van der Waals surface area contributed by atoms with Gasteiger partial charge < -0.3 is 0 Å². The van der Waals surface area contributed by atoms with Crippen LogP contribution >= 0.6 is 11.6 Å². The van der Waals surface area contributed by atoms with Gasteiger partial charge in [0, 0.05) is 5.88 Å². The minimum Gasteiger partial charge on any atom is -0.166 e. The summed E-state index contributed by atoms with van der Waals surface area (Å²) in [7, 11) is -2.31. The quantitative estimate of drug-likeness (QED) is 0.405. The Bertz CT molecular complexity index is 431. The molecule has 0 aliphatic carbocycles. The molecule has 0 heterocycles. The van der Waals surface area contributed by atoms with Crippen LogP contribution in [0.4, 0.5) is 13.2 Å². The average molecular weight is 307 g/mol. The number of halogens is 4. The highest BCUT2D eigenvalue weighted by atomic mass is 35.5. The lowest BCUT2D eigenvalue weighted by molar-refractivity contribution is -0.136. The molecule has 0 N–H and O–H groups in total. The number of unbranched alkanes of at least 4 members (excludes halogenated alkanes) is 1. The summed E-state index contributed by atoms with van der Waals surface area (Å²) in [6, 6.07) is 6.60. The minimum atomic E-state index is -4.31. The van der Waals surface area contributed by atoms with Gasteiger partial charge >= 0.3 is 6.18 Å². The fourth-order valence-corrected chi connectivity index (χ4v) is 5.35. The maximum atomic E-state index is 13.1. The molecule has 0 aliphatic heterocycles. The molecule has 0 saturated heterocycles. The van der Waals surface area contributed by atoms with Gasteiger partial charge in [-0.3, -0.25) is 0 Å². The number of benzene rings is 1. The molecule has 19 heavy (non-hydrogen) atoms. The third-order valence-corrected chi connectivity index (χ3v) is 7.61. The molecule has 0 amide bonds. The molecule has 0 fully saturated rings. The predicted molar refractivity (Wildman–Crippen MR) is 77.7 cm³/mol. The van der Waals surface area contributed by atoms with Crippen molar-refractivity contribution < 1.29 is 13.2 Å². The van der Waals surface area contributed by atoms with Gasteiger partial charge in [-0.15, -0.1) is 18.2 Å². The first-order valence-corrected chi connectivity index (χ1v) is 9.53. The monoisotopic (exact) mass is 306 g/mol. The van der Waals surface area contributed by atoms with Crippen molar-refractivity contribution in [2.75, 3.05) is 5.88 Å². The van der Waals surface area contributed by atoms with Crippen molar-refractivity contribution in [3.8, 4) is 0 Å². The first kappa shape index (κ1) is 16.3. The van der Waals surface area contributed by atoms with Crippen LogP contribution in [0, 0.1) is 0 Å². The molecule has 1 aromatic rings. The second-order valence-electron chi connectivity index (χ2n) is 4.81. The summed E-state index contributed by atoms with van der Waals surface area (Å²) in [5, 5.41) is 0.423. The Balaban J connectivity index is 3.14. The van der Waals surface area contributed by atoms with Crippen LogP contribution in [0.1, 0.15) is 18.4 Å². The Morgan fingerprint density at radius 1 is 1.26 bits per heavy atom. The predicted octanol–water partition coefficient (Wildman–Crippen LogP) is 4.74. The Hall–Kier alpha value is -0.743. The van der Waals surface area contributed by atoms with Crippen LogP contribution in [0.3, 0.4) is 0 Å². The Morgan fingerprint density at radius 2 is 1.89 bits per heavy atom. The second-order valence-corrected chi connectivity index (χ2v) is 9.47. The molecule has 106 valence electrons. The third kappa shape index (κ3) is 4.11. The molecular formula is C14H18ClF3Si. The number of rotatable bonds is 6. The van der Waals surface area contributed by atoms with Crippen molar-refractivity contribution in [3.05, 3.63) is 42.1 Å². The third-order valence-electron chi connectivity index (χ3n) is 3.38. The molecule has 0 bridgehead atoms. The Kier molecular flexibility index (Phi) is 5.68. The van der Waals surface area contributed by atoms with Gasteiger partial charge in [0.2, 0.25) is 0 Å². The van der Waals surface area contributed by atoms with Crippen LogP contribution in [-0.4, -0.2) is 14.0 Å². The summed E-state index contributed by atoms with van der Waals surface area (Å²) in [5.41, 5.74) is 1.22. The average Bonchev–Trinajstić information content (AvgIpc) is 2.38. The number of hydrogen-bond donors (Lipinski definition) is 0. The lowest BCUT2D eigenvalue weighted by atomic mass is 10.2. The fourth-order valence-electron chi connectivity index (χ4n) is 2.16. The normalized spacial score (nSPS) is 15.0. The van der Waals surface area contributed by atoms with E-state index in [1.165, 1.54) is 6.07 Å². The largest absolute Gasteiger partial charge is 0.416 e. The number of hydrogen-bond acceptors (Lipinski definition) is 0. The number of alkyl halides is 4. The highest BCUT2D eigenvalue weighted by Crippen LogP contribution is 2.30. The van der Waals surface area contributed by atoms with Crippen LogP contribution in [0.15, 0.2) is 36.5 Å². The molecule has 5 heteroatoms. The smallest absolute Gasteiger partial charge is 0.166 e. The van der Waals surface area contributed by atoms with E-state index in [0.29, 0.717) is 11.1 Å². The van der Waals surface area contributed by atoms with Crippen molar-refractivity contribution in [1.82, 2.24) is 0 Å². The topological polar surface area (TPSA) is 0 Å². The van der Waals surface area contributed by atoms with Crippen LogP contribution in [-0.2, 0) is 6.18 Å². The highest BCUT2D eigenvalue weighted by molar-refractivity contribution is 6.95. The van der Waals surface area contributed by atoms with Gasteiger partial charge in [0.1, 0.15) is 8.07 Å². The molecule has 0 aromatic heterocycles. The van der Waals surface area contributed by atoms with E-state index in [2.05, 4.69) is 6.58 Å². The highest BCUT2D eigenvalue weighted by Gasteiger charge is 2.38. The van der Waals surface area contributed by atoms with Gasteiger partial charge in [-0.2, -0.15) is 13.2 Å². The standard InChI is InChI=1S/C14H18ClF3Si/c1-3-19(2,11-7-6-10-15)13-9-5-4-8-12(13)14(16,17)18/h3-5,8-9H,1,6-7,10-11H2,2H3. The van der Waals surface area contributed by atoms with Gasteiger partial charge in [0.25, 0.3) is 0 Å². The Morgan fingerprint density at radius 3 is 2.42 bits per heavy atom.